The number of halogens is 2. The molecule has 0 bridgehead atoms. The first-order valence-corrected chi connectivity index (χ1v) is 8.25. The lowest BCUT2D eigenvalue weighted by Crippen LogP contribution is -2.39. The van der Waals surface area contributed by atoms with E-state index >= 15 is 0 Å². The van der Waals surface area contributed by atoms with E-state index in [0.717, 1.165) is 24.2 Å². The summed E-state index contributed by atoms with van der Waals surface area (Å²) in [7, 11) is 0. The first-order valence-electron chi connectivity index (χ1n) is 7.88. The summed E-state index contributed by atoms with van der Waals surface area (Å²) in [5.74, 6) is -0.961. The molecule has 0 aromatic heterocycles. The van der Waals surface area contributed by atoms with Gasteiger partial charge in [0, 0.05) is 30.6 Å². The van der Waals surface area contributed by atoms with Crippen molar-refractivity contribution in [3.8, 4) is 5.75 Å². The normalized spacial score (nSPS) is 25.8. The van der Waals surface area contributed by atoms with E-state index in [1.54, 1.807) is 19.1 Å². The molecule has 2 aromatic rings. The molecule has 5 heteroatoms. The third-order valence-corrected chi connectivity index (χ3v) is 4.68. The minimum Gasteiger partial charge on any atom is -0.458 e. The highest BCUT2D eigenvalue weighted by Gasteiger charge is 2.42. The minimum atomic E-state index is -1.23. The number of hydrogen-bond donors (Lipinski definition) is 1. The summed E-state index contributed by atoms with van der Waals surface area (Å²) in [6, 6.07) is 12.3. The van der Waals surface area contributed by atoms with E-state index in [1.807, 2.05) is 24.3 Å². The fourth-order valence-electron chi connectivity index (χ4n) is 3.26. The summed E-state index contributed by atoms with van der Waals surface area (Å²) in [6.45, 7) is 3.30. The lowest BCUT2D eigenvalue weighted by Gasteiger charge is -2.41. The van der Waals surface area contributed by atoms with Crippen LogP contribution in [0.5, 0.6) is 5.75 Å². The molecule has 0 spiro atoms. The smallest absolute Gasteiger partial charge is 0.238 e. The van der Waals surface area contributed by atoms with Gasteiger partial charge in [-0.1, -0.05) is 35.9 Å². The van der Waals surface area contributed by atoms with Crippen molar-refractivity contribution in [2.24, 2.45) is 0 Å². The average molecular weight is 346 g/mol. The molecular weight excluding hydrogens is 329 g/mol. The number of nitrogens with one attached hydrogen (secondary N) is 1. The zero-order valence-corrected chi connectivity index (χ0v) is 13.9. The van der Waals surface area contributed by atoms with E-state index in [1.165, 1.54) is 6.07 Å². The number of ether oxygens (including phenoxy) is 2. The lowest BCUT2D eigenvalue weighted by atomic mass is 9.97. The molecule has 3 nitrogen and oxygen atoms in total. The summed E-state index contributed by atoms with van der Waals surface area (Å²) in [4.78, 5) is 0. The van der Waals surface area contributed by atoms with Gasteiger partial charge in [0.2, 0.25) is 5.79 Å². The van der Waals surface area contributed by atoms with Crippen molar-refractivity contribution in [2.45, 2.75) is 18.8 Å². The SMILES string of the molecule is CC1(c2ccc(Cl)cc2F)Oc2ccccc2C(C2=CCNC2)O1. The number of benzene rings is 2. The molecule has 0 saturated carbocycles. The number of hydrogen-bond acceptors (Lipinski definition) is 3. The number of fused-ring (bicyclic) bond motifs is 1. The van der Waals surface area contributed by atoms with E-state index in [-0.39, 0.29) is 6.10 Å². The average Bonchev–Trinajstić information content (AvgIpc) is 3.08. The van der Waals surface area contributed by atoms with Crippen LogP contribution in [0.3, 0.4) is 0 Å². The number of para-hydroxylation sites is 1. The molecule has 0 aliphatic carbocycles. The summed E-state index contributed by atoms with van der Waals surface area (Å²) in [5.41, 5.74) is 2.42. The van der Waals surface area contributed by atoms with Crippen LogP contribution in [0.15, 0.2) is 54.1 Å². The molecule has 24 heavy (non-hydrogen) atoms. The molecule has 0 fully saturated rings. The summed E-state index contributed by atoms with van der Waals surface area (Å²) in [6.07, 6.45) is 1.84. The highest BCUT2D eigenvalue weighted by Crippen LogP contribution is 2.46. The lowest BCUT2D eigenvalue weighted by molar-refractivity contribution is -0.219. The second-order valence-electron chi connectivity index (χ2n) is 6.12. The Kier molecular flexibility index (Phi) is 3.83. The fraction of sp³-hybridized carbons (Fsp3) is 0.263. The molecule has 0 amide bonds. The van der Waals surface area contributed by atoms with E-state index in [4.69, 9.17) is 21.1 Å². The van der Waals surface area contributed by atoms with Crippen molar-refractivity contribution < 1.29 is 13.9 Å². The molecule has 0 saturated heterocycles. The Labute approximate surface area is 145 Å². The third kappa shape index (κ3) is 2.61. The predicted molar refractivity (Wildman–Crippen MR) is 90.6 cm³/mol. The van der Waals surface area contributed by atoms with E-state index in [0.29, 0.717) is 16.3 Å². The third-order valence-electron chi connectivity index (χ3n) is 4.44. The van der Waals surface area contributed by atoms with Crippen molar-refractivity contribution in [3.63, 3.8) is 0 Å². The van der Waals surface area contributed by atoms with Gasteiger partial charge in [0.1, 0.15) is 17.7 Å². The first-order chi connectivity index (χ1) is 11.6. The van der Waals surface area contributed by atoms with Crippen LogP contribution in [0.4, 0.5) is 4.39 Å². The molecule has 2 aliphatic heterocycles. The minimum absolute atomic E-state index is 0.273. The Morgan fingerprint density at radius 2 is 2.08 bits per heavy atom. The Hall–Kier alpha value is -1.88. The van der Waals surface area contributed by atoms with Crippen molar-refractivity contribution >= 4 is 11.6 Å². The molecule has 2 heterocycles. The topological polar surface area (TPSA) is 30.5 Å². The fourth-order valence-corrected chi connectivity index (χ4v) is 3.41. The zero-order valence-electron chi connectivity index (χ0n) is 13.2. The van der Waals surface area contributed by atoms with Gasteiger partial charge in [-0.2, -0.15) is 0 Å². The molecule has 4 rings (SSSR count). The molecule has 2 unspecified atom stereocenters. The Balaban J connectivity index is 1.81. The van der Waals surface area contributed by atoms with Gasteiger partial charge in [-0.05, 0) is 29.8 Å². The van der Waals surface area contributed by atoms with Crippen molar-refractivity contribution in [1.29, 1.82) is 0 Å². The van der Waals surface area contributed by atoms with E-state index in [9.17, 15) is 4.39 Å². The van der Waals surface area contributed by atoms with Crippen LogP contribution in [0.25, 0.3) is 0 Å². The molecule has 0 radical (unpaired) electrons. The molecule has 2 aromatic carbocycles. The highest BCUT2D eigenvalue weighted by atomic mass is 35.5. The summed E-state index contributed by atoms with van der Waals surface area (Å²) < 4.78 is 26.8. The van der Waals surface area contributed by atoms with E-state index < -0.39 is 11.6 Å². The van der Waals surface area contributed by atoms with Crippen LogP contribution in [-0.2, 0) is 10.5 Å². The zero-order chi connectivity index (χ0) is 16.7. The van der Waals surface area contributed by atoms with Gasteiger partial charge >= 0.3 is 0 Å². The van der Waals surface area contributed by atoms with Gasteiger partial charge in [-0.15, -0.1) is 0 Å². The monoisotopic (exact) mass is 345 g/mol. The van der Waals surface area contributed by atoms with Gasteiger partial charge in [0.15, 0.2) is 0 Å². The van der Waals surface area contributed by atoms with Gasteiger partial charge in [0.25, 0.3) is 0 Å². The summed E-state index contributed by atoms with van der Waals surface area (Å²) >= 11 is 5.88. The Morgan fingerprint density at radius 1 is 1.25 bits per heavy atom. The van der Waals surface area contributed by atoms with Gasteiger partial charge in [0.05, 0.1) is 5.56 Å². The molecule has 2 atom stereocenters. The largest absolute Gasteiger partial charge is 0.458 e. The van der Waals surface area contributed by atoms with Crippen molar-refractivity contribution in [1.82, 2.24) is 5.32 Å². The second-order valence-corrected chi connectivity index (χ2v) is 6.55. The molecule has 1 N–H and O–H groups in total. The maximum atomic E-state index is 14.5. The number of rotatable bonds is 2. The van der Waals surface area contributed by atoms with Crippen LogP contribution in [-0.4, -0.2) is 13.1 Å². The van der Waals surface area contributed by atoms with Crippen molar-refractivity contribution in [3.05, 3.63) is 76.1 Å². The summed E-state index contributed by atoms with van der Waals surface area (Å²) in [5, 5.41) is 3.62. The van der Waals surface area contributed by atoms with Gasteiger partial charge in [-0.3, -0.25) is 0 Å². The van der Waals surface area contributed by atoms with Crippen molar-refractivity contribution in [2.75, 3.05) is 13.1 Å². The first kappa shape index (κ1) is 15.6. The molecule has 2 aliphatic rings. The van der Waals surface area contributed by atoms with Crippen LogP contribution < -0.4 is 10.1 Å². The van der Waals surface area contributed by atoms with Crippen LogP contribution >= 0.6 is 11.6 Å². The Bertz CT molecular complexity index is 823. The molecular formula is C19H17ClFNO2. The maximum Gasteiger partial charge on any atom is 0.238 e. The van der Waals surface area contributed by atoms with Crippen LogP contribution in [0.2, 0.25) is 5.02 Å². The predicted octanol–water partition coefficient (Wildman–Crippen LogP) is 4.33. The quantitative estimate of drug-likeness (QED) is 0.822. The van der Waals surface area contributed by atoms with E-state index in [2.05, 4.69) is 11.4 Å². The standard InChI is InChI=1S/C19H17ClFNO2/c1-19(15-7-6-13(20)10-16(15)21)23-17-5-3-2-4-14(17)18(24-19)12-8-9-22-11-12/h2-8,10,18,22H,9,11H2,1H3. The highest BCUT2D eigenvalue weighted by molar-refractivity contribution is 6.30. The van der Waals surface area contributed by atoms with Gasteiger partial charge in [-0.25, -0.2) is 4.39 Å². The van der Waals surface area contributed by atoms with Crippen LogP contribution in [0.1, 0.15) is 24.2 Å². The Morgan fingerprint density at radius 3 is 2.83 bits per heavy atom. The van der Waals surface area contributed by atoms with Gasteiger partial charge < -0.3 is 14.8 Å². The molecule has 124 valence electrons. The second kappa shape index (κ2) is 5.88. The van der Waals surface area contributed by atoms with Crippen LogP contribution in [0, 0.1) is 5.82 Å². The maximum absolute atomic E-state index is 14.5.